The molecule has 1 aliphatic heterocycles. The fraction of sp³-hybridized carbons (Fsp3) is 0.333. The summed E-state index contributed by atoms with van der Waals surface area (Å²) in [6, 6.07) is 3.23. The van der Waals surface area contributed by atoms with Crippen molar-refractivity contribution in [3.63, 3.8) is 0 Å². The molecule has 2 aromatic rings. The van der Waals surface area contributed by atoms with Crippen molar-refractivity contribution >= 4 is 16.6 Å². The summed E-state index contributed by atoms with van der Waals surface area (Å²) in [5.41, 5.74) is 0.263. The van der Waals surface area contributed by atoms with E-state index in [0.717, 1.165) is 0 Å². The first kappa shape index (κ1) is 11.2. The molecule has 0 saturated carbocycles. The van der Waals surface area contributed by atoms with Crippen molar-refractivity contribution in [1.29, 1.82) is 0 Å². The Kier molecular flexibility index (Phi) is 2.71. The van der Waals surface area contributed by atoms with Crippen LogP contribution in [0.1, 0.15) is 0 Å². The number of nitrogens with zero attached hydrogens (tertiary/aromatic N) is 2. The molecule has 1 aromatic carbocycles. The van der Waals surface area contributed by atoms with Gasteiger partial charge in [0.25, 0.3) is 5.56 Å². The topological polar surface area (TPSA) is 58.2 Å². The smallest absolute Gasteiger partial charge is 0.258 e. The van der Waals surface area contributed by atoms with Crippen LogP contribution in [0.4, 0.5) is 10.1 Å². The highest BCUT2D eigenvalue weighted by Crippen LogP contribution is 2.24. The molecule has 0 unspecified atom stereocenters. The highest BCUT2D eigenvalue weighted by atomic mass is 19.1. The molecule has 3 rings (SSSR count). The first-order chi connectivity index (χ1) is 8.77. The van der Waals surface area contributed by atoms with Crippen LogP contribution < -0.4 is 10.5 Å². The van der Waals surface area contributed by atoms with E-state index >= 15 is 0 Å². The van der Waals surface area contributed by atoms with Crippen LogP contribution in [0.25, 0.3) is 10.9 Å². The Labute approximate surface area is 102 Å². The molecule has 18 heavy (non-hydrogen) atoms. The van der Waals surface area contributed by atoms with Crippen molar-refractivity contribution in [1.82, 2.24) is 9.97 Å². The third-order valence-corrected chi connectivity index (χ3v) is 3.08. The van der Waals surface area contributed by atoms with Gasteiger partial charge in [-0.1, -0.05) is 0 Å². The number of fused-ring (bicyclic) bond motifs is 1. The third kappa shape index (κ3) is 1.74. The van der Waals surface area contributed by atoms with Crippen LogP contribution in [0.3, 0.4) is 0 Å². The maximum atomic E-state index is 14.3. The van der Waals surface area contributed by atoms with Crippen LogP contribution in [-0.2, 0) is 4.74 Å². The van der Waals surface area contributed by atoms with Crippen LogP contribution in [0.15, 0.2) is 23.3 Å². The van der Waals surface area contributed by atoms with Gasteiger partial charge in [0.05, 0.1) is 30.6 Å². The number of ether oxygens (including phenoxy) is 1. The van der Waals surface area contributed by atoms with Gasteiger partial charge < -0.3 is 14.6 Å². The summed E-state index contributed by atoms with van der Waals surface area (Å²) in [4.78, 5) is 19.8. The van der Waals surface area contributed by atoms with Gasteiger partial charge in [-0.3, -0.25) is 4.79 Å². The predicted octanol–water partition coefficient (Wildman–Crippen LogP) is 0.899. The maximum Gasteiger partial charge on any atom is 0.258 e. The van der Waals surface area contributed by atoms with E-state index in [1.54, 1.807) is 12.1 Å². The molecule has 1 fully saturated rings. The van der Waals surface area contributed by atoms with Crippen molar-refractivity contribution in [2.24, 2.45) is 0 Å². The quantitative estimate of drug-likeness (QED) is 0.815. The summed E-state index contributed by atoms with van der Waals surface area (Å²) in [6.07, 6.45) is 1.22. The van der Waals surface area contributed by atoms with E-state index < -0.39 is 5.82 Å². The van der Waals surface area contributed by atoms with E-state index in [4.69, 9.17) is 4.74 Å². The normalized spacial score (nSPS) is 16.2. The first-order valence-electron chi connectivity index (χ1n) is 5.76. The van der Waals surface area contributed by atoms with Gasteiger partial charge in [-0.2, -0.15) is 0 Å². The predicted molar refractivity (Wildman–Crippen MR) is 65.4 cm³/mol. The molecule has 0 spiro atoms. The first-order valence-corrected chi connectivity index (χ1v) is 5.76. The standard InChI is InChI=1S/C12H12FN3O2/c13-10-9(16-3-5-18-6-4-16)2-1-8-11(10)14-7-15-12(8)17/h1-2,7H,3-6H2,(H,14,15,17). The lowest BCUT2D eigenvalue weighted by Crippen LogP contribution is -2.36. The molecule has 1 N–H and O–H groups in total. The maximum absolute atomic E-state index is 14.3. The number of H-pyrrole nitrogens is 1. The van der Waals surface area contributed by atoms with Crippen molar-refractivity contribution in [2.45, 2.75) is 0 Å². The van der Waals surface area contributed by atoms with E-state index in [0.29, 0.717) is 32.0 Å². The largest absolute Gasteiger partial charge is 0.378 e. The average Bonchev–Trinajstić information content (AvgIpc) is 2.41. The molecule has 0 amide bonds. The number of aromatic amines is 1. The fourth-order valence-corrected chi connectivity index (χ4v) is 2.15. The second-order valence-electron chi connectivity index (χ2n) is 4.13. The summed E-state index contributed by atoms with van der Waals surface area (Å²) < 4.78 is 19.6. The zero-order valence-corrected chi connectivity index (χ0v) is 9.65. The molecule has 0 bridgehead atoms. The Balaban J connectivity index is 2.14. The van der Waals surface area contributed by atoms with E-state index in [-0.39, 0.29) is 16.5 Å². The minimum atomic E-state index is -0.444. The molecule has 0 atom stereocenters. The van der Waals surface area contributed by atoms with Gasteiger partial charge in [0.2, 0.25) is 0 Å². The SMILES string of the molecule is O=c1[nH]cnc2c(F)c(N3CCOCC3)ccc12. The second kappa shape index (κ2) is 4.38. The highest BCUT2D eigenvalue weighted by Gasteiger charge is 2.18. The molecule has 2 heterocycles. The van der Waals surface area contributed by atoms with Crippen molar-refractivity contribution in [2.75, 3.05) is 31.2 Å². The summed E-state index contributed by atoms with van der Waals surface area (Å²) in [6.45, 7) is 2.46. The summed E-state index contributed by atoms with van der Waals surface area (Å²) >= 11 is 0. The molecular formula is C12H12FN3O2. The van der Waals surface area contributed by atoms with Crippen molar-refractivity contribution in [3.8, 4) is 0 Å². The molecule has 6 heteroatoms. The number of hydrogen-bond donors (Lipinski definition) is 1. The van der Waals surface area contributed by atoms with Gasteiger partial charge in [-0.05, 0) is 12.1 Å². The number of nitrogens with one attached hydrogen (secondary N) is 1. The van der Waals surface area contributed by atoms with E-state index in [1.807, 2.05) is 4.90 Å². The molecule has 1 aliphatic rings. The Morgan fingerprint density at radius 1 is 1.33 bits per heavy atom. The van der Waals surface area contributed by atoms with E-state index in [2.05, 4.69) is 9.97 Å². The van der Waals surface area contributed by atoms with E-state index in [9.17, 15) is 9.18 Å². The Morgan fingerprint density at radius 3 is 2.89 bits per heavy atom. The number of anilines is 1. The summed E-state index contributed by atoms with van der Waals surface area (Å²) in [5, 5.41) is 0.270. The lowest BCUT2D eigenvalue weighted by atomic mass is 10.2. The molecule has 94 valence electrons. The Hall–Kier alpha value is -1.95. The van der Waals surface area contributed by atoms with Gasteiger partial charge in [0.1, 0.15) is 5.52 Å². The number of morpholine rings is 1. The summed E-state index contributed by atoms with van der Waals surface area (Å²) in [5.74, 6) is -0.444. The van der Waals surface area contributed by atoms with Crippen LogP contribution in [0, 0.1) is 5.82 Å². The van der Waals surface area contributed by atoms with Gasteiger partial charge in [0, 0.05) is 13.1 Å². The Bertz CT molecular complexity index is 635. The molecule has 1 saturated heterocycles. The monoisotopic (exact) mass is 249 g/mol. The van der Waals surface area contributed by atoms with Crippen LogP contribution >= 0.6 is 0 Å². The number of hydrogen-bond acceptors (Lipinski definition) is 4. The van der Waals surface area contributed by atoms with Crippen LogP contribution in [0.2, 0.25) is 0 Å². The van der Waals surface area contributed by atoms with Crippen LogP contribution in [-0.4, -0.2) is 36.3 Å². The van der Waals surface area contributed by atoms with Gasteiger partial charge in [-0.25, -0.2) is 9.37 Å². The molecule has 0 radical (unpaired) electrons. The van der Waals surface area contributed by atoms with Gasteiger partial charge >= 0.3 is 0 Å². The lowest BCUT2D eigenvalue weighted by Gasteiger charge is -2.29. The average molecular weight is 249 g/mol. The number of halogens is 1. The second-order valence-corrected chi connectivity index (χ2v) is 4.13. The fourth-order valence-electron chi connectivity index (χ4n) is 2.15. The molecule has 5 nitrogen and oxygen atoms in total. The van der Waals surface area contributed by atoms with Crippen molar-refractivity contribution in [3.05, 3.63) is 34.6 Å². The number of benzene rings is 1. The third-order valence-electron chi connectivity index (χ3n) is 3.08. The van der Waals surface area contributed by atoms with Gasteiger partial charge in [-0.15, -0.1) is 0 Å². The molecule has 1 aromatic heterocycles. The van der Waals surface area contributed by atoms with Crippen molar-refractivity contribution < 1.29 is 9.13 Å². The zero-order chi connectivity index (χ0) is 12.5. The number of rotatable bonds is 1. The molecule has 0 aliphatic carbocycles. The van der Waals surface area contributed by atoms with E-state index in [1.165, 1.54) is 6.33 Å². The van der Waals surface area contributed by atoms with Gasteiger partial charge in [0.15, 0.2) is 5.82 Å². The lowest BCUT2D eigenvalue weighted by molar-refractivity contribution is 0.122. The van der Waals surface area contributed by atoms with Crippen LogP contribution in [0.5, 0.6) is 0 Å². The summed E-state index contributed by atoms with van der Waals surface area (Å²) in [7, 11) is 0. The zero-order valence-electron chi connectivity index (χ0n) is 9.65. The molecular weight excluding hydrogens is 237 g/mol. The minimum Gasteiger partial charge on any atom is -0.378 e. The highest BCUT2D eigenvalue weighted by molar-refractivity contribution is 5.82. The number of aromatic nitrogens is 2. The Morgan fingerprint density at radius 2 is 2.11 bits per heavy atom. The minimum absolute atomic E-state index is 0.114.